The maximum atomic E-state index is 13.5. The molecule has 0 aliphatic rings. The minimum Gasteiger partial charge on any atom is -0.339 e. The van der Waals surface area contributed by atoms with Gasteiger partial charge in [0.1, 0.15) is 5.82 Å². The van der Waals surface area contributed by atoms with Crippen molar-refractivity contribution in [2.24, 2.45) is 17.6 Å². The van der Waals surface area contributed by atoms with E-state index in [1.165, 1.54) is 0 Å². The second-order valence-electron chi connectivity index (χ2n) is 9.87. The van der Waals surface area contributed by atoms with E-state index in [0.717, 1.165) is 48.4 Å². The summed E-state index contributed by atoms with van der Waals surface area (Å²) in [5, 5.41) is 0. The highest BCUT2D eigenvalue weighted by Crippen LogP contribution is 2.27. The number of fused-ring (bicyclic) bond motifs is 1. The van der Waals surface area contributed by atoms with E-state index in [9.17, 15) is 9.59 Å². The van der Waals surface area contributed by atoms with Crippen molar-refractivity contribution < 1.29 is 9.59 Å². The number of aromatic nitrogens is 2. The standard InChI is InChI=1S/C28H38N4O2/c1-19(2)12-15-31(16-13-20(3)4)28(34)24-10-11-25-26(18-24)32(17-14-29)27(30-25)23-8-6-22(7-9-23)21(5)33/h6-11,18-20H,12-17,29H2,1-5H3. The molecule has 2 aromatic carbocycles. The number of nitrogens with two attached hydrogens (primary N) is 1. The number of Topliss-reactive ketones (excluding diaryl/α,β-unsaturated/α-hetero) is 1. The van der Waals surface area contributed by atoms with Gasteiger partial charge in [-0.15, -0.1) is 0 Å². The van der Waals surface area contributed by atoms with E-state index in [2.05, 4.69) is 32.3 Å². The van der Waals surface area contributed by atoms with Crippen molar-refractivity contribution in [3.63, 3.8) is 0 Å². The maximum absolute atomic E-state index is 13.5. The third-order valence-electron chi connectivity index (χ3n) is 6.14. The van der Waals surface area contributed by atoms with Crippen LogP contribution in [0.4, 0.5) is 0 Å². The molecule has 6 heteroatoms. The molecule has 0 unspecified atom stereocenters. The minimum absolute atomic E-state index is 0.0321. The van der Waals surface area contributed by atoms with Gasteiger partial charge >= 0.3 is 0 Å². The summed E-state index contributed by atoms with van der Waals surface area (Å²) in [6.07, 6.45) is 1.97. The number of benzene rings is 2. The molecule has 0 spiro atoms. The highest BCUT2D eigenvalue weighted by Gasteiger charge is 2.19. The quantitative estimate of drug-likeness (QED) is 0.387. The van der Waals surface area contributed by atoms with Gasteiger partial charge < -0.3 is 15.2 Å². The van der Waals surface area contributed by atoms with Gasteiger partial charge in [0, 0.05) is 42.9 Å². The Morgan fingerprint density at radius 1 is 0.941 bits per heavy atom. The van der Waals surface area contributed by atoms with Crippen LogP contribution < -0.4 is 5.73 Å². The smallest absolute Gasteiger partial charge is 0.253 e. The molecule has 1 amide bonds. The number of hydrogen-bond donors (Lipinski definition) is 1. The number of carbonyl (C=O) groups is 2. The number of imidazole rings is 1. The molecule has 2 N–H and O–H groups in total. The van der Waals surface area contributed by atoms with Crippen molar-refractivity contribution in [1.82, 2.24) is 14.5 Å². The molecular weight excluding hydrogens is 424 g/mol. The largest absolute Gasteiger partial charge is 0.339 e. The number of carbonyl (C=O) groups excluding carboxylic acids is 2. The molecule has 0 aliphatic heterocycles. The Hall–Kier alpha value is -2.99. The topological polar surface area (TPSA) is 81.2 Å². The molecule has 0 aliphatic carbocycles. The Morgan fingerprint density at radius 2 is 1.53 bits per heavy atom. The molecule has 34 heavy (non-hydrogen) atoms. The van der Waals surface area contributed by atoms with Crippen molar-refractivity contribution in [2.45, 2.75) is 54.0 Å². The molecule has 0 fully saturated rings. The predicted molar refractivity (Wildman–Crippen MR) is 139 cm³/mol. The first-order valence-corrected chi connectivity index (χ1v) is 12.3. The summed E-state index contributed by atoms with van der Waals surface area (Å²) >= 11 is 0. The molecule has 0 atom stereocenters. The lowest BCUT2D eigenvalue weighted by molar-refractivity contribution is 0.0740. The third-order valence-corrected chi connectivity index (χ3v) is 6.14. The van der Waals surface area contributed by atoms with Crippen molar-refractivity contribution >= 4 is 22.7 Å². The molecule has 1 heterocycles. The number of ketones is 1. The summed E-state index contributed by atoms with van der Waals surface area (Å²) < 4.78 is 2.07. The van der Waals surface area contributed by atoms with E-state index in [4.69, 9.17) is 10.7 Å². The second-order valence-corrected chi connectivity index (χ2v) is 9.87. The first-order valence-electron chi connectivity index (χ1n) is 12.3. The summed E-state index contributed by atoms with van der Waals surface area (Å²) in [7, 11) is 0. The van der Waals surface area contributed by atoms with E-state index in [1.54, 1.807) is 6.92 Å². The Kier molecular flexibility index (Phi) is 8.61. The normalized spacial score (nSPS) is 11.5. The second kappa shape index (κ2) is 11.4. The molecular formula is C28H38N4O2. The van der Waals surface area contributed by atoms with Crippen LogP contribution in [0.15, 0.2) is 42.5 Å². The lowest BCUT2D eigenvalue weighted by atomic mass is 10.1. The van der Waals surface area contributed by atoms with Gasteiger partial charge in [0.2, 0.25) is 0 Å². The number of nitrogens with zero attached hydrogens (tertiary/aromatic N) is 3. The number of rotatable bonds is 11. The summed E-state index contributed by atoms with van der Waals surface area (Å²) in [5.41, 5.74) is 9.92. The fourth-order valence-corrected chi connectivity index (χ4v) is 4.01. The van der Waals surface area contributed by atoms with E-state index in [0.29, 0.717) is 36.1 Å². The molecule has 0 saturated heterocycles. The van der Waals surface area contributed by atoms with Gasteiger partial charge in [0.15, 0.2) is 5.78 Å². The van der Waals surface area contributed by atoms with E-state index in [1.807, 2.05) is 47.4 Å². The van der Waals surface area contributed by atoms with Gasteiger partial charge in [0.05, 0.1) is 11.0 Å². The van der Waals surface area contributed by atoms with Crippen LogP contribution in [-0.2, 0) is 6.54 Å². The van der Waals surface area contributed by atoms with E-state index < -0.39 is 0 Å². The zero-order chi connectivity index (χ0) is 24.8. The Labute approximate surface area is 203 Å². The summed E-state index contributed by atoms with van der Waals surface area (Å²) in [5.74, 6) is 1.97. The number of amides is 1. The highest BCUT2D eigenvalue weighted by atomic mass is 16.2. The fourth-order valence-electron chi connectivity index (χ4n) is 4.01. The molecule has 182 valence electrons. The van der Waals surface area contributed by atoms with Crippen LogP contribution in [-0.4, -0.2) is 45.8 Å². The molecule has 6 nitrogen and oxygen atoms in total. The summed E-state index contributed by atoms with van der Waals surface area (Å²) in [6, 6.07) is 13.2. The third kappa shape index (κ3) is 6.11. The van der Waals surface area contributed by atoms with Crippen LogP contribution >= 0.6 is 0 Å². The Morgan fingerprint density at radius 3 is 2.06 bits per heavy atom. The van der Waals surface area contributed by atoms with Crippen molar-refractivity contribution in [3.8, 4) is 11.4 Å². The minimum atomic E-state index is 0.0321. The molecule has 3 rings (SSSR count). The Balaban J connectivity index is 1.98. The van der Waals surface area contributed by atoms with Crippen LogP contribution in [0.25, 0.3) is 22.4 Å². The first kappa shape index (κ1) is 25.6. The average molecular weight is 463 g/mol. The molecule has 1 aromatic heterocycles. The monoisotopic (exact) mass is 462 g/mol. The van der Waals surface area contributed by atoms with Gasteiger partial charge in [-0.25, -0.2) is 4.98 Å². The van der Waals surface area contributed by atoms with Gasteiger partial charge in [0.25, 0.3) is 5.91 Å². The molecule has 0 bridgehead atoms. The fraction of sp³-hybridized carbons (Fsp3) is 0.464. The van der Waals surface area contributed by atoms with Crippen molar-refractivity contribution in [3.05, 3.63) is 53.6 Å². The van der Waals surface area contributed by atoms with E-state index >= 15 is 0 Å². The average Bonchev–Trinajstić information content (AvgIpc) is 3.16. The first-order chi connectivity index (χ1) is 16.2. The van der Waals surface area contributed by atoms with E-state index in [-0.39, 0.29) is 11.7 Å². The van der Waals surface area contributed by atoms with Crippen LogP contribution in [0.1, 0.15) is 68.2 Å². The predicted octanol–water partition coefficient (Wildman–Crippen LogP) is 5.40. The van der Waals surface area contributed by atoms with Gasteiger partial charge in [-0.2, -0.15) is 0 Å². The van der Waals surface area contributed by atoms with Crippen LogP contribution in [0.5, 0.6) is 0 Å². The van der Waals surface area contributed by atoms with Gasteiger partial charge in [-0.1, -0.05) is 52.0 Å². The lowest BCUT2D eigenvalue weighted by Gasteiger charge is -2.24. The Bertz CT molecular complexity index is 1120. The maximum Gasteiger partial charge on any atom is 0.253 e. The van der Waals surface area contributed by atoms with Crippen LogP contribution in [0, 0.1) is 11.8 Å². The van der Waals surface area contributed by atoms with Crippen molar-refractivity contribution in [2.75, 3.05) is 19.6 Å². The molecule has 3 aromatic rings. The van der Waals surface area contributed by atoms with Crippen LogP contribution in [0.2, 0.25) is 0 Å². The highest BCUT2D eigenvalue weighted by molar-refractivity contribution is 5.98. The summed E-state index contributed by atoms with van der Waals surface area (Å²) in [4.78, 5) is 32.0. The van der Waals surface area contributed by atoms with Gasteiger partial charge in [-0.3, -0.25) is 9.59 Å². The lowest BCUT2D eigenvalue weighted by Crippen LogP contribution is -2.34. The zero-order valence-corrected chi connectivity index (χ0v) is 21.2. The van der Waals surface area contributed by atoms with Gasteiger partial charge in [-0.05, 0) is 49.8 Å². The SMILES string of the molecule is CC(=O)c1ccc(-c2nc3ccc(C(=O)N(CCC(C)C)CCC(C)C)cc3n2CCN)cc1. The molecule has 0 radical (unpaired) electrons. The summed E-state index contributed by atoms with van der Waals surface area (Å²) in [6.45, 7) is 12.9. The molecule has 0 saturated carbocycles. The van der Waals surface area contributed by atoms with Crippen LogP contribution in [0.3, 0.4) is 0 Å². The zero-order valence-electron chi connectivity index (χ0n) is 21.2. The number of hydrogen-bond acceptors (Lipinski definition) is 4. The van der Waals surface area contributed by atoms with Crippen molar-refractivity contribution in [1.29, 1.82) is 0 Å².